The first-order valence-corrected chi connectivity index (χ1v) is 8.86. The van der Waals surface area contributed by atoms with Crippen LogP contribution in [0.25, 0.3) is 0 Å². The Balaban J connectivity index is 1.50. The molecule has 1 heterocycles. The van der Waals surface area contributed by atoms with Crippen LogP contribution in [-0.4, -0.2) is 33.6 Å². The van der Waals surface area contributed by atoms with Crippen molar-refractivity contribution in [2.45, 2.75) is 68.7 Å². The average Bonchev–Trinajstić information content (AvgIpc) is 2.69. The highest BCUT2D eigenvalue weighted by molar-refractivity contribution is 5.90. The van der Waals surface area contributed by atoms with E-state index in [0.717, 1.165) is 30.5 Å². The maximum atomic E-state index is 12.9. The van der Waals surface area contributed by atoms with E-state index in [1.807, 2.05) is 0 Å². The quantitative estimate of drug-likeness (QED) is 0.874. The lowest BCUT2D eigenvalue weighted by molar-refractivity contribution is -0.124. The van der Waals surface area contributed by atoms with Gasteiger partial charge in [-0.2, -0.15) is 5.10 Å². The molecule has 3 aliphatic rings. The Labute approximate surface area is 144 Å². The Hall–Kier alpha value is -1.99. The molecule has 0 aromatic carbocycles. The maximum absolute atomic E-state index is 12.9. The Bertz CT molecular complexity index is 710. The molecule has 0 radical (unpaired) electrons. The van der Waals surface area contributed by atoms with Crippen LogP contribution in [-0.2, 0) is 11.8 Å². The number of rotatable bonds is 4. The number of aryl methyl sites for hydroxylation is 1. The summed E-state index contributed by atoms with van der Waals surface area (Å²) < 4.78 is 27.5. The van der Waals surface area contributed by atoms with E-state index < -0.39 is 18.0 Å². The van der Waals surface area contributed by atoms with Crippen LogP contribution in [0.2, 0.25) is 0 Å². The molecule has 136 valence electrons. The zero-order valence-corrected chi connectivity index (χ0v) is 14.1. The van der Waals surface area contributed by atoms with Gasteiger partial charge in [0.25, 0.3) is 5.92 Å². The van der Waals surface area contributed by atoms with Gasteiger partial charge in [-0.3, -0.25) is 14.8 Å². The molecule has 25 heavy (non-hydrogen) atoms. The van der Waals surface area contributed by atoms with Crippen LogP contribution in [0.5, 0.6) is 0 Å². The lowest BCUT2D eigenvalue weighted by atomic mass is 9.74. The monoisotopic (exact) mass is 352 g/mol. The fourth-order valence-corrected chi connectivity index (χ4v) is 3.89. The Morgan fingerprint density at radius 1 is 1.24 bits per heavy atom. The highest BCUT2D eigenvalue weighted by Gasteiger charge is 2.46. The zero-order valence-electron chi connectivity index (χ0n) is 14.1. The molecule has 3 fully saturated rings. The van der Waals surface area contributed by atoms with Crippen LogP contribution in [0.3, 0.4) is 0 Å². The minimum atomic E-state index is -2.66. The Morgan fingerprint density at radius 3 is 2.44 bits per heavy atom. The van der Waals surface area contributed by atoms with Gasteiger partial charge in [-0.25, -0.2) is 13.6 Å². The summed E-state index contributed by atoms with van der Waals surface area (Å²) in [5, 5.41) is 9.97. The second-order valence-electron chi connectivity index (χ2n) is 7.60. The number of nitrogens with one attached hydrogen (secondary N) is 2. The standard InChI is InChI=1S/C17H22F2N4O2/c1-23-15(21-16(25)20-11-7-17(18,19)8-11)13(9-3-2-4-9)14(22-23)10-5-12(24)6-10/h9-11H,2-8H2,1H3,(H2,20,21,25). The molecule has 2 N–H and O–H groups in total. The van der Waals surface area contributed by atoms with Gasteiger partial charge in [0.15, 0.2) is 0 Å². The number of amides is 2. The predicted octanol–water partition coefficient (Wildman–Crippen LogP) is 3.05. The molecule has 0 atom stereocenters. The van der Waals surface area contributed by atoms with Crippen LogP contribution >= 0.6 is 0 Å². The van der Waals surface area contributed by atoms with E-state index in [9.17, 15) is 18.4 Å². The first-order chi connectivity index (χ1) is 11.8. The van der Waals surface area contributed by atoms with Crippen molar-refractivity contribution in [2.24, 2.45) is 7.05 Å². The number of urea groups is 1. The molecule has 1 aromatic heterocycles. The third-order valence-corrected chi connectivity index (χ3v) is 5.62. The van der Waals surface area contributed by atoms with Crippen LogP contribution in [0.1, 0.15) is 68.0 Å². The molecule has 0 saturated heterocycles. The van der Waals surface area contributed by atoms with Gasteiger partial charge >= 0.3 is 6.03 Å². The topological polar surface area (TPSA) is 76.0 Å². The number of ketones is 1. The lowest BCUT2D eigenvalue weighted by Crippen LogP contribution is -2.51. The molecule has 0 unspecified atom stereocenters. The fraction of sp³-hybridized carbons (Fsp3) is 0.706. The fourth-order valence-electron chi connectivity index (χ4n) is 3.89. The third kappa shape index (κ3) is 3.02. The molecule has 0 bridgehead atoms. The molecule has 4 rings (SSSR count). The van der Waals surface area contributed by atoms with Crippen LogP contribution in [0.15, 0.2) is 0 Å². The van der Waals surface area contributed by atoms with Crippen LogP contribution in [0, 0.1) is 0 Å². The summed E-state index contributed by atoms with van der Waals surface area (Å²) in [5.41, 5.74) is 1.94. The predicted molar refractivity (Wildman–Crippen MR) is 86.9 cm³/mol. The number of anilines is 1. The maximum Gasteiger partial charge on any atom is 0.320 e. The number of nitrogens with zero attached hydrogens (tertiary/aromatic N) is 2. The zero-order chi connectivity index (χ0) is 17.8. The van der Waals surface area contributed by atoms with E-state index in [0.29, 0.717) is 24.6 Å². The SMILES string of the molecule is Cn1nc(C2CC(=O)C2)c(C2CCC2)c1NC(=O)NC1CC(F)(F)C1. The second-order valence-corrected chi connectivity index (χ2v) is 7.60. The largest absolute Gasteiger partial charge is 0.335 e. The van der Waals surface area contributed by atoms with E-state index in [-0.39, 0.29) is 24.5 Å². The van der Waals surface area contributed by atoms with Crippen molar-refractivity contribution >= 4 is 17.6 Å². The van der Waals surface area contributed by atoms with E-state index in [1.54, 1.807) is 11.7 Å². The van der Waals surface area contributed by atoms with Crippen molar-refractivity contribution in [3.63, 3.8) is 0 Å². The van der Waals surface area contributed by atoms with Gasteiger partial charge in [-0.15, -0.1) is 0 Å². The van der Waals surface area contributed by atoms with Gasteiger partial charge in [0.05, 0.1) is 5.69 Å². The van der Waals surface area contributed by atoms with Gasteiger partial charge < -0.3 is 5.32 Å². The first kappa shape index (κ1) is 16.5. The Morgan fingerprint density at radius 2 is 1.92 bits per heavy atom. The summed E-state index contributed by atoms with van der Waals surface area (Å²) in [6.45, 7) is 0. The molecular formula is C17H22F2N4O2. The second kappa shape index (κ2) is 5.78. The highest BCUT2D eigenvalue weighted by atomic mass is 19.3. The summed E-state index contributed by atoms with van der Waals surface area (Å²) in [4.78, 5) is 23.6. The van der Waals surface area contributed by atoms with Gasteiger partial charge in [-0.05, 0) is 18.8 Å². The van der Waals surface area contributed by atoms with Crippen LogP contribution in [0.4, 0.5) is 19.4 Å². The first-order valence-electron chi connectivity index (χ1n) is 8.86. The third-order valence-electron chi connectivity index (χ3n) is 5.62. The number of hydrogen-bond donors (Lipinski definition) is 2. The molecule has 0 spiro atoms. The molecule has 8 heteroatoms. The molecule has 0 aliphatic heterocycles. The molecule has 1 aromatic rings. The summed E-state index contributed by atoms with van der Waals surface area (Å²) in [6.07, 6.45) is 3.65. The molecule has 6 nitrogen and oxygen atoms in total. The molecule has 3 aliphatic carbocycles. The smallest absolute Gasteiger partial charge is 0.320 e. The highest BCUT2D eigenvalue weighted by Crippen LogP contribution is 2.46. The Kier molecular flexibility index (Phi) is 3.81. The van der Waals surface area contributed by atoms with Gasteiger partial charge in [0.1, 0.15) is 11.6 Å². The van der Waals surface area contributed by atoms with E-state index >= 15 is 0 Å². The average molecular weight is 352 g/mol. The number of carbonyl (C=O) groups excluding carboxylic acids is 2. The van der Waals surface area contributed by atoms with E-state index in [1.165, 1.54) is 0 Å². The number of aromatic nitrogens is 2. The minimum Gasteiger partial charge on any atom is -0.335 e. The van der Waals surface area contributed by atoms with Crippen molar-refractivity contribution in [3.05, 3.63) is 11.3 Å². The van der Waals surface area contributed by atoms with Crippen molar-refractivity contribution < 1.29 is 18.4 Å². The normalized spacial score (nSPS) is 23.6. The van der Waals surface area contributed by atoms with Crippen molar-refractivity contribution in [3.8, 4) is 0 Å². The number of Topliss-reactive ketones (excluding diaryl/α,β-unsaturated/α-hetero) is 1. The number of carbonyl (C=O) groups is 2. The van der Waals surface area contributed by atoms with Crippen molar-refractivity contribution in [1.82, 2.24) is 15.1 Å². The van der Waals surface area contributed by atoms with E-state index in [4.69, 9.17) is 0 Å². The summed E-state index contributed by atoms with van der Waals surface area (Å²) in [6, 6.07) is -0.959. The lowest BCUT2D eigenvalue weighted by Gasteiger charge is -2.35. The summed E-state index contributed by atoms with van der Waals surface area (Å²) >= 11 is 0. The molecule has 3 saturated carbocycles. The van der Waals surface area contributed by atoms with Crippen molar-refractivity contribution in [2.75, 3.05) is 5.32 Å². The van der Waals surface area contributed by atoms with Crippen LogP contribution < -0.4 is 10.6 Å². The molecular weight excluding hydrogens is 330 g/mol. The number of hydrogen-bond acceptors (Lipinski definition) is 3. The number of alkyl halides is 2. The summed E-state index contributed by atoms with van der Waals surface area (Å²) in [5.74, 6) is -1.30. The van der Waals surface area contributed by atoms with E-state index in [2.05, 4.69) is 15.7 Å². The van der Waals surface area contributed by atoms with Gasteiger partial charge in [0.2, 0.25) is 0 Å². The van der Waals surface area contributed by atoms with Gasteiger partial charge in [-0.1, -0.05) is 6.42 Å². The summed E-state index contributed by atoms with van der Waals surface area (Å²) in [7, 11) is 1.76. The van der Waals surface area contributed by atoms with Gasteiger partial charge in [0, 0.05) is 50.3 Å². The minimum absolute atomic E-state index is 0.137. The van der Waals surface area contributed by atoms with Crippen molar-refractivity contribution in [1.29, 1.82) is 0 Å². The molecule has 2 amide bonds. The number of halogens is 2.